The van der Waals surface area contributed by atoms with Crippen molar-refractivity contribution in [1.82, 2.24) is 5.32 Å². The Labute approximate surface area is 107 Å². The van der Waals surface area contributed by atoms with Gasteiger partial charge in [-0.15, -0.1) is 11.6 Å². The second kappa shape index (κ2) is 5.92. The summed E-state index contributed by atoms with van der Waals surface area (Å²) < 4.78 is 5.19. The lowest BCUT2D eigenvalue weighted by Gasteiger charge is -2.25. The standard InChI is InChI=1S/C13H18ClNO2/c1-13(2,9-15-12(16)8-14)10-5-4-6-11(7-10)17-3/h4-7H,8-9H2,1-3H3,(H,15,16). The highest BCUT2D eigenvalue weighted by molar-refractivity contribution is 6.27. The fourth-order valence-electron chi connectivity index (χ4n) is 1.51. The second-order valence-corrected chi connectivity index (χ2v) is 4.79. The Balaban J connectivity index is 2.77. The molecular weight excluding hydrogens is 238 g/mol. The smallest absolute Gasteiger partial charge is 0.234 e. The molecule has 0 aliphatic heterocycles. The first-order chi connectivity index (χ1) is 7.99. The highest BCUT2D eigenvalue weighted by Gasteiger charge is 2.21. The van der Waals surface area contributed by atoms with E-state index < -0.39 is 0 Å². The molecule has 3 nitrogen and oxygen atoms in total. The minimum absolute atomic E-state index is 0.00576. The van der Waals surface area contributed by atoms with E-state index in [0.717, 1.165) is 11.3 Å². The molecule has 1 N–H and O–H groups in total. The third kappa shape index (κ3) is 3.93. The molecule has 0 bridgehead atoms. The number of carbonyl (C=O) groups is 1. The Kier molecular flexibility index (Phi) is 4.82. The van der Waals surface area contributed by atoms with Gasteiger partial charge in [0.15, 0.2) is 0 Å². The summed E-state index contributed by atoms with van der Waals surface area (Å²) in [6.07, 6.45) is 0. The normalized spacial score (nSPS) is 11.1. The molecule has 0 aliphatic carbocycles. The van der Waals surface area contributed by atoms with Crippen LogP contribution < -0.4 is 10.1 Å². The lowest BCUT2D eigenvalue weighted by Crippen LogP contribution is -2.37. The molecule has 0 aliphatic rings. The summed E-state index contributed by atoms with van der Waals surface area (Å²) in [5.41, 5.74) is 0.961. The minimum Gasteiger partial charge on any atom is -0.497 e. The number of ether oxygens (including phenoxy) is 1. The summed E-state index contributed by atoms with van der Waals surface area (Å²) in [6.45, 7) is 4.68. The number of hydrogen-bond acceptors (Lipinski definition) is 2. The van der Waals surface area contributed by atoms with Crippen molar-refractivity contribution < 1.29 is 9.53 Å². The molecule has 0 radical (unpaired) electrons. The van der Waals surface area contributed by atoms with Crippen molar-refractivity contribution >= 4 is 17.5 Å². The van der Waals surface area contributed by atoms with Gasteiger partial charge < -0.3 is 10.1 Å². The topological polar surface area (TPSA) is 38.3 Å². The van der Waals surface area contributed by atoms with Crippen molar-refractivity contribution in [3.8, 4) is 5.75 Å². The van der Waals surface area contributed by atoms with Crippen LogP contribution in [0.3, 0.4) is 0 Å². The summed E-state index contributed by atoms with van der Waals surface area (Å²) in [5, 5.41) is 2.80. The molecule has 1 rings (SSSR count). The molecule has 1 aromatic carbocycles. The molecule has 0 unspecified atom stereocenters. The van der Waals surface area contributed by atoms with Gasteiger partial charge in [-0.25, -0.2) is 0 Å². The van der Waals surface area contributed by atoms with E-state index in [1.54, 1.807) is 7.11 Å². The maximum atomic E-state index is 11.1. The number of halogens is 1. The van der Waals surface area contributed by atoms with Crippen molar-refractivity contribution in [1.29, 1.82) is 0 Å². The number of carbonyl (C=O) groups excluding carboxylic acids is 1. The first-order valence-corrected chi connectivity index (χ1v) is 6.00. The average molecular weight is 256 g/mol. The van der Waals surface area contributed by atoms with Gasteiger partial charge in [-0.1, -0.05) is 26.0 Å². The van der Waals surface area contributed by atoms with Crippen molar-refractivity contribution in [2.24, 2.45) is 0 Å². The van der Waals surface area contributed by atoms with Gasteiger partial charge >= 0.3 is 0 Å². The van der Waals surface area contributed by atoms with E-state index in [0.29, 0.717) is 6.54 Å². The van der Waals surface area contributed by atoms with Crippen LogP contribution in [0, 0.1) is 0 Å². The summed E-state index contributed by atoms with van der Waals surface area (Å²) in [6, 6.07) is 7.85. The van der Waals surface area contributed by atoms with E-state index in [9.17, 15) is 4.79 Å². The molecule has 0 saturated carbocycles. The van der Waals surface area contributed by atoms with Crippen molar-refractivity contribution in [3.05, 3.63) is 29.8 Å². The van der Waals surface area contributed by atoms with Crippen LogP contribution in [0.15, 0.2) is 24.3 Å². The summed E-state index contributed by atoms with van der Waals surface area (Å²) >= 11 is 5.44. The van der Waals surface area contributed by atoms with Crippen LogP contribution in [0.5, 0.6) is 5.75 Å². The number of alkyl halides is 1. The van der Waals surface area contributed by atoms with Crippen LogP contribution in [-0.4, -0.2) is 25.4 Å². The Hall–Kier alpha value is -1.22. The summed E-state index contributed by atoms with van der Waals surface area (Å²) in [5.74, 6) is 0.663. The van der Waals surface area contributed by atoms with E-state index in [1.807, 2.05) is 24.3 Å². The third-order valence-electron chi connectivity index (χ3n) is 2.70. The van der Waals surface area contributed by atoms with Crippen LogP contribution in [0.1, 0.15) is 19.4 Å². The van der Waals surface area contributed by atoms with Crippen LogP contribution in [-0.2, 0) is 10.2 Å². The van der Waals surface area contributed by atoms with Crippen LogP contribution in [0.4, 0.5) is 0 Å². The largest absolute Gasteiger partial charge is 0.497 e. The van der Waals surface area contributed by atoms with Gasteiger partial charge in [0.25, 0.3) is 0 Å². The molecule has 0 aromatic heterocycles. The van der Waals surface area contributed by atoms with Gasteiger partial charge in [-0.3, -0.25) is 4.79 Å². The highest BCUT2D eigenvalue weighted by Crippen LogP contribution is 2.25. The maximum absolute atomic E-state index is 11.1. The van der Waals surface area contributed by atoms with Gasteiger partial charge in [0, 0.05) is 12.0 Å². The molecule has 94 valence electrons. The molecule has 0 atom stereocenters. The fraction of sp³-hybridized carbons (Fsp3) is 0.462. The Morgan fingerprint density at radius 1 is 1.47 bits per heavy atom. The number of rotatable bonds is 5. The van der Waals surface area contributed by atoms with Gasteiger partial charge in [-0.2, -0.15) is 0 Å². The van der Waals surface area contributed by atoms with Crippen molar-refractivity contribution in [2.75, 3.05) is 19.5 Å². The second-order valence-electron chi connectivity index (χ2n) is 4.53. The Bertz CT molecular complexity index is 391. The van der Waals surface area contributed by atoms with E-state index in [1.165, 1.54) is 0 Å². The van der Waals surface area contributed by atoms with E-state index in [-0.39, 0.29) is 17.2 Å². The zero-order valence-corrected chi connectivity index (χ0v) is 11.2. The minimum atomic E-state index is -0.156. The summed E-state index contributed by atoms with van der Waals surface area (Å²) in [4.78, 5) is 11.1. The molecule has 0 spiro atoms. The molecule has 0 saturated heterocycles. The Morgan fingerprint density at radius 2 is 2.18 bits per heavy atom. The highest BCUT2D eigenvalue weighted by atomic mass is 35.5. The zero-order valence-electron chi connectivity index (χ0n) is 10.4. The van der Waals surface area contributed by atoms with Crippen LogP contribution >= 0.6 is 11.6 Å². The monoisotopic (exact) mass is 255 g/mol. The molecule has 0 heterocycles. The van der Waals surface area contributed by atoms with E-state index in [2.05, 4.69) is 19.2 Å². The third-order valence-corrected chi connectivity index (χ3v) is 2.94. The van der Waals surface area contributed by atoms with Gasteiger partial charge in [0.2, 0.25) is 5.91 Å². The first kappa shape index (κ1) is 13.8. The fourth-order valence-corrected chi connectivity index (χ4v) is 1.61. The number of benzene rings is 1. The Morgan fingerprint density at radius 3 is 2.76 bits per heavy atom. The molecule has 1 amide bonds. The lowest BCUT2D eigenvalue weighted by molar-refractivity contribution is -0.118. The van der Waals surface area contributed by atoms with Gasteiger partial charge in [0.1, 0.15) is 11.6 Å². The number of methoxy groups -OCH3 is 1. The zero-order chi connectivity index (χ0) is 12.9. The predicted octanol–water partition coefficient (Wildman–Crippen LogP) is 2.33. The van der Waals surface area contributed by atoms with Crippen molar-refractivity contribution in [3.63, 3.8) is 0 Å². The van der Waals surface area contributed by atoms with Crippen LogP contribution in [0.25, 0.3) is 0 Å². The summed E-state index contributed by atoms with van der Waals surface area (Å²) in [7, 11) is 1.64. The van der Waals surface area contributed by atoms with E-state index in [4.69, 9.17) is 16.3 Å². The SMILES string of the molecule is COc1cccc(C(C)(C)CNC(=O)CCl)c1. The molecule has 0 fully saturated rings. The number of hydrogen-bond donors (Lipinski definition) is 1. The number of amides is 1. The van der Waals surface area contributed by atoms with Gasteiger partial charge in [0.05, 0.1) is 7.11 Å². The first-order valence-electron chi connectivity index (χ1n) is 5.47. The van der Waals surface area contributed by atoms with Gasteiger partial charge in [-0.05, 0) is 17.7 Å². The molecule has 4 heteroatoms. The van der Waals surface area contributed by atoms with E-state index >= 15 is 0 Å². The quantitative estimate of drug-likeness (QED) is 0.820. The predicted molar refractivity (Wildman–Crippen MR) is 69.7 cm³/mol. The maximum Gasteiger partial charge on any atom is 0.234 e. The molecule has 1 aromatic rings. The number of nitrogens with one attached hydrogen (secondary N) is 1. The lowest BCUT2D eigenvalue weighted by atomic mass is 9.84. The van der Waals surface area contributed by atoms with Crippen LogP contribution in [0.2, 0.25) is 0 Å². The molecule has 17 heavy (non-hydrogen) atoms. The van der Waals surface area contributed by atoms with Crippen molar-refractivity contribution in [2.45, 2.75) is 19.3 Å². The average Bonchev–Trinajstić information content (AvgIpc) is 2.36. The molecular formula is C13H18ClNO2.